The molecule has 2 aromatic carbocycles. The number of para-hydroxylation sites is 1. The van der Waals surface area contributed by atoms with Crippen LogP contribution in [0.1, 0.15) is 23.0 Å². The lowest BCUT2D eigenvalue weighted by atomic mass is 10.1. The highest BCUT2D eigenvalue weighted by Crippen LogP contribution is 2.29. The molecule has 3 aromatic rings. The SMILES string of the molecule is COc1ccc(NC(=O)[C@@H](C)OC(=O)c2cc(C)nc3ccccc23)cc1OC. The van der Waals surface area contributed by atoms with Gasteiger partial charge in [0.25, 0.3) is 5.91 Å². The van der Waals surface area contributed by atoms with E-state index in [1.807, 2.05) is 18.2 Å². The van der Waals surface area contributed by atoms with Crippen molar-refractivity contribution in [3.63, 3.8) is 0 Å². The molecule has 3 rings (SSSR count). The molecule has 0 aliphatic heterocycles. The van der Waals surface area contributed by atoms with Crippen LogP contribution >= 0.6 is 0 Å². The summed E-state index contributed by atoms with van der Waals surface area (Å²) in [6.07, 6.45) is -0.997. The maximum absolute atomic E-state index is 12.7. The fourth-order valence-electron chi connectivity index (χ4n) is 2.91. The third-order valence-electron chi connectivity index (χ3n) is 4.37. The number of carbonyl (C=O) groups excluding carboxylic acids is 2. The minimum absolute atomic E-state index is 0.374. The van der Waals surface area contributed by atoms with Crippen molar-refractivity contribution >= 4 is 28.5 Å². The Morgan fingerprint density at radius 2 is 1.72 bits per heavy atom. The molecular weight excluding hydrogens is 372 g/mol. The van der Waals surface area contributed by atoms with Gasteiger partial charge in [-0.25, -0.2) is 4.79 Å². The van der Waals surface area contributed by atoms with Crippen LogP contribution < -0.4 is 14.8 Å². The molecule has 0 fully saturated rings. The first-order valence-electron chi connectivity index (χ1n) is 9.03. The fourth-order valence-corrected chi connectivity index (χ4v) is 2.91. The molecule has 7 nitrogen and oxygen atoms in total. The van der Waals surface area contributed by atoms with Gasteiger partial charge < -0.3 is 19.5 Å². The molecule has 0 spiro atoms. The van der Waals surface area contributed by atoms with E-state index in [1.54, 1.807) is 37.3 Å². The number of amides is 1. The molecule has 0 radical (unpaired) electrons. The third-order valence-corrected chi connectivity index (χ3v) is 4.37. The van der Waals surface area contributed by atoms with Crippen LogP contribution in [0.4, 0.5) is 5.69 Å². The lowest BCUT2D eigenvalue weighted by Gasteiger charge is -2.15. The van der Waals surface area contributed by atoms with E-state index in [1.165, 1.54) is 21.1 Å². The summed E-state index contributed by atoms with van der Waals surface area (Å²) in [4.78, 5) is 29.6. The number of aromatic nitrogens is 1. The summed E-state index contributed by atoms with van der Waals surface area (Å²) in [5.41, 5.74) is 2.26. The van der Waals surface area contributed by atoms with Crippen LogP contribution in [0.2, 0.25) is 0 Å². The van der Waals surface area contributed by atoms with E-state index in [9.17, 15) is 9.59 Å². The average Bonchev–Trinajstić information content (AvgIpc) is 2.72. The predicted octanol–water partition coefficient (Wildman–Crippen LogP) is 3.74. The minimum Gasteiger partial charge on any atom is -0.493 e. The van der Waals surface area contributed by atoms with E-state index in [0.29, 0.717) is 39.3 Å². The first-order valence-corrected chi connectivity index (χ1v) is 9.03. The average molecular weight is 394 g/mol. The Morgan fingerprint density at radius 1 is 1.00 bits per heavy atom. The molecule has 0 saturated heterocycles. The van der Waals surface area contributed by atoms with Crippen molar-refractivity contribution in [2.24, 2.45) is 0 Å². The van der Waals surface area contributed by atoms with Gasteiger partial charge in [-0.3, -0.25) is 9.78 Å². The summed E-state index contributed by atoms with van der Waals surface area (Å²) < 4.78 is 15.8. The maximum atomic E-state index is 12.7. The summed E-state index contributed by atoms with van der Waals surface area (Å²) in [5, 5.41) is 3.39. The highest BCUT2D eigenvalue weighted by atomic mass is 16.5. The smallest absolute Gasteiger partial charge is 0.339 e. The Morgan fingerprint density at radius 3 is 2.45 bits per heavy atom. The van der Waals surface area contributed by atoms with Crippen LogP contribution in [0.25, 0.3) is 10.9 Å². The number of anilines is 1. The van der Waals surface area contributed by atoms with Gasteiger partial charge in [-0.2, -0.15) is 0 Å². The standard InChI is InChI=1S/C22H22N2O5/c1-13-11-17(16-7-5-6-8-18(16)23-13)22(26)29-14(2)21(25)24-15-9-10-19(27-3)20(12-15)28-4/h5-12,14H,1-4H3,(H,24,25)/t14-/m1/s1. The van der Waals surface area contributed by atoms with E-state index in [-0.39, 0.29) is 0 Å². The molecule has 0 aliphatic carbocycles. The normalized spacial score (nSPS) is 11.6. The van der Waals surface area contributed by atoms with Gasteiger partial charge in [0, 0.05) is 22.8 Å². The molecule has 1 N–H and O–H groups in total. The Balaban J connectivity index is 1.74. The summed E-state index contributed by atoms with van der Waals surface area (Å²) in [6, 6.07) is 13.9. The number of fused-ring (bicyclic) bond motifs is 1. The molecule has 0 aliphatic rings. The van der Waals surface area contributed by atoms with Gasteiger partial charge in [-0.05, 0) is 38.1 Å². The molecule has 1 heterocycles. The van der Waals surface area contributed by atoms with E-state index in [4.69, 9.17) is 14.2 Å². The number of rotatable bonds is 6. The molecule has 0 unspecified atom stereocenters. The number of nitrogens with one attached hydrogen (secondary N) is 1. The Kier molecular flexibility index (Phi) is 5.97. The number of aryl methyl sites for hydroxylation is 1. The van der Waals surface area contributed by atoms with E-state index < -0.39 is 18.0 Å². The summed E-state index contributed by atoms with van der Waals surface area (Å²) in [7, 11) is 3.04. The van der Waals surface area contributed by atoms with Crippen LogP contribution in [0.15, 0.2) is 48.5 Å². The number of esters is 1. The van der Waals surface area contributed by atoms with Crippen molar-refractivity contribution in [2.45, 2.75) is 20.0 Å². The quantitative estimate of drug-likeness (QED) is 0.641. The zero-order chi connectivity index (χ0) is 21.0. The van der Waals surface area contributed by atoms with Crippen molar-refractivity contribution in [2.75, 3.05) is 19.5 Å². The van der Waals surface area contributed by atoms with Crippen LogP contribution in [0.3, 0.4) is 0 Å². The van der Waals surface area contributed by atoms with E-state index in [0.717, 1.165) is 0 Å². The van der Waals surface area contributed by atoms with Gasteiger partial charge in [0.2, 0.25) is 0 Å². The van der Waals surface area contributed by atoms with Gasteiger partial charge in [0.1, 0.15) is 0 Å². The van der Waals surface area contributed by atoms with E-state index >= 15 is 0 Å². The largest absolute Gasteiger partial charge is 0.493 e. The number of methoxy groups -OCH3 is 2. The summed E-state index contributed by atoms with van der Waals surface area (Å²) >= 11 is 0. The number of hydrogen-bond acceptors (Lipinski definition) is 6. The first kappa shape index (κ1) is 20.1. The van der Waals surface area contributed by atoms with Crippen LogP contribution in [0.5, 0.6) is 11.5 Å². The second kappa shape index (κ2) is 8.60. The van der Waals surface area contributed by atoms with Gasteiger partial charge in [0.15, 0.2) is 17.6 Å². The zero-order valence-electron chi connectivity index (χ0n) is 16.7. The maximum Gasteiger partial charge on any atom is 0.339 e. The Hall–Kier alpha value is -3.61. The van der Waals surface area contributed by atoms with Crippen molar-refractivity contribution < 1.29 is 23.8 Å². The van der Waals surface area contributed by atoms with Crippen molar-refractivity contribution in [3.05, 3.63) is 59.8 Å². The predicted molar refractivity (Wildman–Crippen MR) is 110 cm³/mol. The molecule has 1 atom stereocenters. The van der Waals surface area contributed by atoms with Crippen LogP contribution in [-0.2, 0) is 9.53 Å². The molecular formula is C22H22N2O5. The van der Waals surface area contributed by atoms with Gasteiger partial charge in [0.05, 0.1) is 25.3 Å². The second-order valence-electron chi connectivity index (χ2n) is 6.43. The lowest BCUT2D eigenvalue weighted by Crippen LogP contribution is -2.30. The van der Waals surface area contributed by atoms with Gasteiger partial charge >= 0.3 is 5.97 Å². The molecule has 1 amide bonds. The number of ether oxygens (including phenoxy) is 3. The molecule has 29 heavy (non-hydrogen) atoms. The topological polar surface area (TPSA) is 86.8 Å². The Labute approximate surface area is 168 Å². The zero-order valence-corrected chi connectivity index (χ0v) is 16.7. The molecule has 150 valence electrons. The first-order chi connectivity index (χ1) is 13.9. The molecule has 0 saturated carbocycles. The molecule has 7 heteroatoms. The summed E-state index contributed by atoms with van der Waals surface area (Å²) in [6.45, 7) is 3.32. The highest BCUT2D eigenvalue weighted by Gasteiger charge is 2.21. The molecule has 1 aromatic heterocycles. The number of pyridine rings is 1. The van der Waals surface area contributed by atoms with Crippen molar-refractivity contribution in [1.82, 2.24) is 4.98 Å². The summed E-state index contributed by atoms with van der Waals surface area (Å²) in [5.74, 6) is -0.0131. The number of hydrogen-bond donors (Lipinski definition) is 1. The van der Waals surface area contributed by atoms with Crippen LogP contribution in [-0.4, -0.2) is 37.2 Å². The third kappa shape index (κ3) is 4.45. The van der Waals surface area contributed by atoms with Crippen LogP contribution in [0, 0.1) is 6.92 Å². The second-order valence-corrected chi connectivity index (χ2v) is 6.43. The fraction of sp³-hybridized carbons (Fsp3) is 0.227. The number of carbonyl (C=O) groups is 2. The molecule has 0 bridgehead atoms. The minimum atomic E-state index is -0.997. The lowest BCUT2D eigenvalue weighted by molar-refractivity contribution is -0.123. The van der Waals surface area contributed by atoms with Gasteiger partial charge in [-0.15, -0.1) is 0 Å². The van der Waals surface area contributed by atoms with Crippen molar-refractivity contribution in [1.29, 1.82) is 0 Å². The van der Waals surface area contributed by atoms with Gasteiger partial charge in [-0.1, -0.05) is 18.2 Å². The number of benzene rings is 2. The number of nitrogens with zero attached hydrogens (tertiary/aromatic N) is 1. The monoisotopic (exact) mass is 394 g/mol. The van der Waals surface area contributed by atoms with Crippen molar-refractivity contribution in [3.8, 4) is 11.5 Å². The van der Waals surface area contributed by atoms with E-state index in [2.05, 4.69) is 10.3 Å². The highest BCUT2D eigenvalue weighted by molar-refractivity contribution is 6.05. The Bertz CT molecular complexity index is 1060.